The summed E-state index contributed by atoms with van der Waals surface area (Å²) in [4.78, 5) is 13.4. The Balaban J connectivity index is 1.66. The molecule has 0 bridgehead atoms. The van der Waals surface area contributed by atoms with Crippen molar-refractivity contribution in [2.75, 3.05) is 11.9 Å². The number of fused-ring (bicyclic) bond motifs is 1. The fraction of sp³-hybridized carbons (Fsp3) is 0.333. The number of carbonyl (C=O) groups excluding carboxylic acids is 1. The van der Waals surface area contributed by atoms with Gasteiger partial charge in [0.2, 0.25) is 0 Å². The first-order valence-electron chi connectivity index (χ1n) is 7.73. The largest absolute Gasteiger partial charge is 0.484 e. The van der Waals surface area contributed by atoms with Crippen molar-refractivity contribution in [3.05, 3.63) is 44.3 Å². The predicted molar refractivity (Wildman–Crippen MR) is 96.1 cm³/mol. The van der Waals surface area contributed by atoms with Crippen LogP contribution in [0.1, 0.15) is 33.6 Å². The molecule has 0 aliphatic heterocycles. The van der Waals surface area contributed by atoms with Crippen LogP contribution in [0.3, 0.4) is 0 Å². The van der Waals surface area contributed by atoms with E-state index in [9.17, 15) is 10.1 Å². The Hall–Kier alpha value is -2.03. The zero-order valence-corrected chi connectivity index (χ0v) is 15.1. The number of halogens is 1. The van der Waals surface area contributed by atoms with Crippen LogP contribution < -0.4 is 10.1 Å². The first kappa shape index (κ1) is 16.8. The second kappa shape index (κ2) is 6.84. The molecule has 3 rings (SSSR count). The molecule has 1 aliphatic carbocycles. The van der Waals surface area contributed by atoms with Crippen LogP contribution in [0.2, 0.25) is 5.02 Å². The van der Waals surface area contributed by atoms with E-state index in [-0.39, 0.29) is 12.5 Å². The number of aryl methyl sites for hydroxylation is 3. The van der Waals surface area contributed by atoms with Crippen molar-refractivity contribution < 1.29 is 9.53 Å². The highest BCUT2D eigenvalue weighted by molar-refractivity contribution is 7.16. The summed E-state index contributed by atoms with van der Waals surface area (Å²) < 4.78 is 5.56. The molecule has 1 aromatic carbocycles. The number of nitriles is 1. The minimum atomic E-state index is -0.267. The smallest absolute Gasteiger partial charge is 0.262 e. The average Bonchev–Trinajstić information content (AvgIpc) is 3.10. The number of carbonyl (C=O) groups is 1. The molecule has 0 atom stereocenters. The Morgan fingerprint density at radius 3 is 2.75 bits per heavy atom. The molecular weight excluding hydrogens is 344 g/mol. The predicted octanol–water partition coefficient (Wildman–Crippen LogP) is 4.40. The van der Waals surface area contributed by atoms with Crippen LogP contribution in [0, 0.1) is 25.2 Å². The van der Waals surface area contributed by atoms with Crippen molar-refractivity contribution in [2.45, 2.75) is 33.1 Å². The molecule has 1 heterocycles. The molecule has 24 heavy (non-hydrogen) atoms. The normalized spacial score (nSPS) is 12.6. The zero-order valence-electron chi connectivity index (χ0n) is 13.5. The Kier molecular flexibility index (Phi) is 4.79. The van der Waals surface area contributed by atoms with Crippen molar-refractivity contribution in [2.24, 2.45) is 0 Å². The number of thiophene rings is 1. The van der Waals surface area contributed by atoms with E-state index in [1.165, 1.54) is 16.2 Å². The maximum Gasteiger partial charge on any atom is 0.262 e. The van der Waals surface area contributed by atoms with E-state index in [4.69, 9.17) is 16.3 Å². The highest BCUT2D eigenvalue weighted by Gasteiger charge is 2.23. The Morgan fingerprint density at radius 2 is 2.08 bits per heavy atom. The quantitative estimate of drug-likeness (QED) is 0.879. The average molecular weight is 361 g/mol. The maximum atomic E-state index is 12.2. The van der Waals surface area contributed by atoms with Gasteiger partial charge in [0, 0.05) is 9.90 Å². The second-order valence-corrected chi connectivity index (χ2v) is 7.36. The van der Waals surface area contributed by atoms with E-state index in [1.54, 1.807) is 0 Å². The third-order valence-corrected chi connectivity index (χ3v) is 5.87. The van der Waals surface area contributed by atoms with E-state index in [1.807, 2.05) is 26.0 Å². The van der Waals surface area contributed by atoms with Gasteiger partial charge in [-0.15, -0.1) is 11.3 Å². The number of amides is 1. The number of ether oxygens (including phenoxy) is 1. The molecule has 0 radical (unpaired) electrons. The summed E-state index contributed by atoms with van der Waals surface area (Å²) in [6.45, 7) is 3.69. The molecule has 0 spiro atoms. The van der Waals surface area contributed by atoms with Crippen molar-refractivity contribution in [3.63, 3.8) is 0 Å². The van der Waals surface area contributed by atoms with E-state index in [0.717, 1.165) is 36.0 Å². The molecule has 1 aliphatic rings. The summed E-state index contributed by atoms with van der Waals surface area (Å²) in [7, 11) is 0. The fourth-order valence-electron chi connectivity index (χ4n) is 2.91. The zero-order chi connectivity index (χ0) is 17.3. The number of hydrogen-bond acceptors (Lipinski definition) is 4. The van der Waals surface area contributed by atoms with Crippen molar-refractivity contribution >= 4 is 33.8 Å². The SMILES string of the molecule is Cc1cc(OCC(=O)Nc2sc3c(c2C#N)CCC3)cc(C)c1Cl. The van der Waals surface area contributed by atoms with Crippen LogP contribution in [0.25, 0.3) is 0 Å². The number of anilines is 1. The molecular formula is C18H17ClN2O2S. The van der Waals surface area contributed by atoms with Gasteiger partial charge in [-0.2, -0.15) is 5.26 Å². The second-order valence-electron chi connectivity index (χ2n) is 5.88. The molecule has 4 nitrogen and oxygen atoms in total. The first-order chi connectivity index (χ1) is 11.5. The van der Waals surface area contributed by atoms with Gasteiger partial charge < -0.3 is 10.1 Å². The lowest BCUT2D eigenvalue weighted by Gasteiger charge is -2.10. The first-order valence-corrected chi connectivity index (χ1v) is 8.93. The summed E-state index contributed by atoms with van der Waals surface area (Å²) in [5.41, 5.74) is 3.53. The Bertz CT molecular complexity index is 828. The summed E-state index contributed by atoms with van der Waals surface area (Å²) in [5.74, 6) is 0.343. The van der Waals surface area contributed by atoms with Crippen molar-refractivity contribution in [1.29, 1.82) is 5.26 Å². The van der Waals surface area contributed by atoms with E-state index >= 15 is 0 Å². The number of rotatable bonds is 4. The molecule has 0 unspecified atom stereocenters. The molecule has 0 saturated heterocycles. The van der Waals surface area contributed by atoms with E-state index in [0.29, 0.717) is 21.3 Å². The number of nitrogens with zero attached hydrogens (tertiary/aromatic N) is 1. The minimum absolute atomic E-state index is 0.103. The van der Waals surface area contributed by atoms with Crippen LogP contribution >= 0.6 is 22.9 Å². The number of nitrogens with one attached hydrogen (secondary N) is 1. The molecule has 2 aromatic rings. The summed E-state index contributed by atoms with van der Waals surface area (Å²) in [5, 5.41) is 13.5. The minimum Gasteiger partial charge on any atom is -0.484 e. The highest BCUT2D eigenvalue weighted by atomic mass is 35.5. The fourth-order valence-corrected chi connectivity index (χ4v) is 4.28. The molecule has 0 fully saturated rings. The topological polar surface area (TPSA) is 62.1 Å². The van der Waals surface area contributed by atoms with Gasteiger partial charge in [-0.3, -0.25) is 4.79 Å². The van der Waals surface area contributed by atoms with Crippen LogP contribution in [-0.2, 0) is 17.6 Å². The lowest BCUT2D eigenvalue weighted by atomic mass is 10.1. The highest BCUT2D eigenvalue weighted by Crippen LogP contribution is 2.38. The van der Waals surface area contributed by atoms with Crippen LogP contribution in [0.5, 0.6) is 5.75 Å². The van der Waals surface area contributed by atoms with Crippen molar-refractivity contribution in [1.82, 2.24) is 0 Å². The summed E-state index contributed by atoms with van der Waals surface area (Å²) in [6.07, 6.45) is 3.00. The Morgan fingerprint density at radius 1 is 1.38 bits per heavy atom. The van der Waals surface area contributed by atoms with Gasteiger partial charge in [-0.05, 0) is 61.9 Å². The van der Waals surface area contributed by atoms with Crippen LogP contribution in [0.15, 0.2) is 12.1 Å². The van der Waals surface area contributed by atoms with Gasteiger partial charge in [-0.1, -0.05) is 11.6 Å². The molecule has 1 aromatic heterocycles. The van der Waals surface area contributed by atoms with Gasteiger partial charge in [0.1, 0.15) is 16.8 Å². The lowest BCUT2D eigenvalue weighted by Crippen LogP contribution is -2.20. The van der Waals surface area contributed by atoms with Crippen LogP contribution in [0.4, 0.5) is 5.00 Å². The third kappa shape index (κ3) is 3.26. The van der Waals surface area contributed by atoms with Crippen molar-refractivity contribution in [3.8, 4) is 11.8 Å². The number of hydrogen-bond donors (Lipinski definition) is 1. The molecule has 124 valence electrons. The number of benzene rings is 1. The lowest BCUT2D eigenvalue weighted by molar-refractivity contribution is -0.118. The third-order valence-electron chi connectivity index (χ3n) is 4.07. The molecule has 6 heteroatoms. The van der Waals surface area contributed by atoms with E-state index < -0.39 is 0 Å². The summed E-state index contributed by atoms with van der Waals surface area (Å²) in [6, 6.07) is 5.83. The van der Waals surface area contributed by atoms with Gasteiger partial charge in [0.15, 0.2) is 6.61 Å². The molecule has 1 N–H and O–H groups in total. The molecule has 1 amide bonds. The monoisotopic (exact) mass is 360 g/mol. The standard InChI is InChI=1S/C18H17ClN2O2S/c1-10-6-12(7-11(2)17(10)19)23-9-16(22)21-18-14(8-20)13-4-3-5-15(13)24-18/h6-7H,3-5,9H2,1-2H3,(H,21,22). The Labute approximate surface area is 150 Å². The van der Waals surface area contributed by atoms with E-state index in [2.05, 4.69) is 11.4 Å². The maximum absolute atomic E-state index is 12.2. The van der Waals surface area contributed by atoms with Gasteiger partial charge in [0.25, 0.3) is 5.91 Å². The molecule has 0 saturated carbocycles. The summed E-state index contributed by atoms with van der Waals surface area (Å²) >= 11 is 7.63. The van der Waals surface area contributed by atoms with Crippen LogP contribution in [-0.4, -0.2) is 12.5 Å². The van der Waals surface area contributed by atoms with Gasteiger partial charge in [-0.25, -0.2) is 0 Å². The van der Waals surface area contributed by atoms with Gasteiger partial charge in [0.05, 0.1) is 5.56 Å². The van der Waals surface area contributed by atoms with Gasteiger partial charge >= 0.3 is 0 Å².